The second-order valence-corrected chi connectivity index (χ2v) is 6.01. The van der Waals surface area contributed by atoms with Crippen LogP contribution in [0.4, 0.5) is 11.4 Å². The highest BCUT2D eigenvalue weighted by atomic mass is 16.2. The van der Waals surface area contributed by atoms with E-state index in [0.29, 0.717) is 13.1 Å². The van der Waals surface area contributed by atoms with Crippen LogP contribution in [0.1, 0.15) is 5.56 Å². The Morgan fingerprint density at radius 2 is 1.79 bits per heavy atom. The van der Waals surface area contributed by atoms with Crippen LogP contribution >= 0.6 is 0 Å². The molecule has 1 amide bonds. The quantitative estimate of drug-likeness (QED) is 0.780. The van der Waals surface area contributed by atoms with Crippen LogP contribution in [0, 0.1) is 0 Å². The molecular weight excluding hydrogens is 300 g/mol. The number of nitrogens with one attached hydrogen (secondary N) is 1. The fourth-order valence-corrected chi connectivity index (χ4v) is 2.41. The van der Waals surface area contributed by atoms with Crippen molar-refractivity contribution in [3.05, 3.63) is 60.2 Å². The van der Waals surface area contributed by atoms with E-state index < -0.39 is 0 Å². The van der Waals surface area contributed by atoms with Crippen LogP contribution in [0.15, 0.2) is 54.6 Å². The van der Waals surface area contributed by atoms with Crippen molar-refractivity contribution >= 4 is 17.3 Å². The van der Waals surface area contributed by atoms with Crippen LogP contribution in [0.2, 0.25) is 0 Å². The summed E-state index contributed by atoms with van der Waals surface area (Å²) in [7, 11) is 4.06. The number of hydrogen-bond donors (Lipinski definition) is 2. The van der Waals surface area contributed by atoms with Gasteiger partial charge in [-0.2, -0.15) is 0 Å². The highest BCUT2D eigenvalue weighted by molar-refractivity contribution is 5.94. The zero-order valence-corrected chi connectivity index (χ0v) is 14.4. The van der Waals surface area contributed by atoms with Gasteiger partial charge in [0.1, 0.15) is 0 Å². The van der Waals surface area contributed by atoms with Crippen molar-refractivity contribution in [2.45, 2.75) is 6.54 Å². The number of anilines is 2. The zero-order chi connectivity index (χ0) is 17.4. The number of nitrogens with zero attached hydrogens (tertiary/aromatic N) is 2. The van der Waals surface area contributed by atoms with Gasteiger partial charge >= 0.3 is 0 Å². The molecule has 24 heavy (non-hydrogen) atoms. The van der Waals surface area contributed by atoms with Crippen molar-refractivity contribution in [3.8, 4) is 0 Å². The van der Waals surface area contributed by atoms with Crippen molar-refractivity contribution < 1.29 is 4.79 Å². The summed E-state index contributed by atoms with van der Waals surface area (Å²) >= 11 is 0. The van der Waals surface area contributed by atoms with Gasteiger partial charge in [-0.05, 0) is 43.9 Å². The molecule has 5 nitrogen and oxygen atoms in total. The largest absolute Gasteiger partial charge is 0.361 e. The Morgan fingerprint density at radius 3 is 2.46 bits per heavy atom. The van der Waals surface area contributed by atoms with Gasteiger partial charge in [0.05, 0.1) is 6.54 Å². The third-order valence-electron chi connectivity index (χ3n) is 3.72. The van der Waals surface area contributed by atoms with Crippen LogP contribution in [0.5, 0.6) is 0 Å². The maximum Gasteiger partial charge on any atom is 0.243 e. The van der Waals surface area contributed by atoms with E-state index in [1.165, 1.54) is 0 Å². The molecule has 128 valence electrons. The molecule has 0 aliphatic rings. The standard InChI is InChI=1S/C19H26N4O/c1-22(2)11-12-23(18-9-4-3-5-10-18)15-19(24)21-17-8-6-7-16(13-17)14-20/h3-10,13H,11-12,14-15,20H2,1-2H3,(H,21,24). The van der Waals surface area contributed by atoms with E-state index >= 15 is 0 Å². The number of carbonyl (C=O) groups excluding carboxylic acids is 1. The van der Waals surface area contributed by atoms with Crippen LogP contribution in [0.3, 0.4) is 0 Å². The number of amides is 1. The molecule has 0 atom stereocenters. The lowest BCUT2D eigenvalue weighted by Crippen LogP contribution is -2.37. The maximum atomic E-state index is 12.4. The Morgan fingerprint density at radius 1 is 1.04 bits per heavy atom. The maximum absolute atomic E-state index is 12.4. The summed E-state index contributed by atoms with van der Waals surface area (Å²) in [4.78, 5) is 16.6. The lowest BCUT2D eigenvalue weighted by Gasteiger charge is -2.26. The van der Waals surface area contributed by atoms with Crippen molar-refractivity contribution in [2.24, 2.45) is 5.73 Å². The van der Waals surface area contributed by atoms with Gasteiger partial charge in [0.25, 0.3) is 0 Å². The lowest BCUT2D eigenvalue weighted by molar-refractivity contribution is -0.115. The molecule has 0 saturated carbocycles. The summed E-state index contributed by atoms with van der Waals surface area (Å²) in [6, 6.07) is 17.6. The Labute approximate surface area is 144 Å². The first kappa shape index (κ1) is 18.0. The van der Waals surface area contributed by atoms with Crippen molar-refractivity contribution in [2.75, 3.05) is 43.9 Å². The van der Waals surface area contributed by atoms with E-state index in [9.17, 15) is 4.79 Å². The highest BCUT2D eigenvalue weighted by Crippen LogP contribution is 2.14. The summed E-state index contributed by atoms with van der Waals surface area (Å²) < 4.78 is 0. The van der Waals surface area contributed by atoms with Crippen molar-refractivity contribution in [3.63, 3.8) is 0 Å². The third-order valence-corrected chi connectivity index (χ3v) is 3.72. The first-order valence-electron chi connectivity index (χ1n) is 8.12. The Hall–Kier alpha value is -2.37. The summed E-state index contributed by atoms with van der Waals surface area (Å²) in [6.45, 7) is 2.44. The Kier molecular flexibility index (Phi) is 6.78. The minimum Gasteiger partial charge on any atom is -0.361 e. The Balaban J connectivity index is 2.03. The molecule has 0 spiro atoms. The average molecular weight is 326 g/mol. The molecule has 0 bridgehead atoms. The highest BCUT2D eigenvalue weighted by Gasteiger charge is 2.12. The number of para-hydroxylation sites is 1. The number of carbonyl (C=O) groups is 1. The van der Waals surface area contributed by atoms with Crippen LogP contribution < -0.4 is 16.0 Å². The molecule has 2 rings (SSSR count). The van der Waals surface area contributed by atoms with Gasteiger partial charge in [0, 0.05) is 31.0 Å². The Bertz CT molecular complexity index is 643. The van der Waals surface area contributed by atoms with E-state index in [0.717, 1.165) is 30.0 Å². The molecule has 0 aliphatic heterocycles. The molecule has 2 aromatic rings. The van der Waals surface area contributed by atoms with Gasteiger partial charge in [-0.25, -0.2) is 0 Å². The fourth-order valence-electron chi connectivity index (χ4n) is 2.41. The minimum absolute atomic E-state index is 0.0354. The first-order chi connectivity index (χ1) is 11.6. The van der Waals surface area contributed by atoms with Gasteiger partial charge in [-0.1, -0.05) is 30.3 Å². The van der Waals surface area contributed by atoms with Gasteiger partial charge in [0.15, 0.2) is 0 Å². The topological polar surface area (TPSA) is 61.6 Å². The SMILES string of the molecule is CN(C)CCN(CC(=O)Nc1cccc(CN)c1)c1ccccc1. The lowest BCUT2D eigenvalue weighted by atomic mass is 10.2. The second-order valence-electron chi connectivity index (χ2n) is 6.01. The number of hydrogen-bond acceptors (Lipinski definition) is 4. The van der Waals surface area contributed by atoms with Crippen LogP contribution in [0.25, 0.3) is 0 Å². The zero-order valence-electron chi connectivity index (χ0n) is 14.4. The van der Waals surface area contributed by atoms with E-state index in [4.69, 9.17) is 5.73 Å². The number of likely N-dealkylation sites (N-methyl/N-ethyl adjacent to an activating group) is 1. The van der Waals surface area contributed by atoms with E-state index in [2.05, 4.69) is 15.1 Å². The first-order valence-corrected chi connectivity index (χ1v) is 8.12. The molecule has 3 N–H and O–H groups in total. The number of benzene rings is 2. The van der Waals surface area contributed by atoms with Crippen LogP contribution in [-0.2, 0) is 11.3 Å². The van der Waals surface area contributed by atoms with Gasteiger partial charge < -0.3 is 20.9 Å². The van der Waals surface area contributed by atoms with E-state index in [1.807, 2.05) is 68.7 Å². The average Bonchev–Trinajstić information content (AvgIpc) is 2.59. The van der Waals surface area contributed by atoms with Gasteiger partial charge in [-0.3, -0.25) is 4.79 Å². The molecule has 5 heteroatoms. The predicted molar refractivity (Wildman–Crippen MR) is 100 cm³/mol. The fraction of sp³-hybridized carbons (Fsp3) is 0.316. The molecule has 0 aliphatic carbocycles. The van der Waals surface area contributed by atoms with Gasteiger partial charge in [-0.15, -0.1) is 0 Å². The molecule has 0 aromatic heterocycles. The molecule has 0 saturated heterocycles. The van der Waals surface area contributed by atoms with Crippen molar-refractivity contribution in [1.82, 2.24) is 4.90 Å². The number of nitrogens with two attached hydrogens (primary N) is 1. The monoisotopic (exact) mass is 326 g/mol. The minimum atomic E-state index is -0.0354. The predicted octanol–water partition coefficient (Wildman–Crippen LogP) is 2.15. The summed E-state index contributed by atoms with van der Waals surface area (Å²) in [5.41, 5.74) is 8.48. The third kappa shape index (κ3) is 5.68. The smallest absolute Gasteiger partial charge is 0.243 e. The summed E-state index contributed by atoms with van der Waals surface area (Å²) in [6.07, 6.45) is 0. The van der Waals surface area contributed by atoms with Crippen LogP contribution in [-0.4, -0.2) is 44.5 Å². The van der Waals surface area contributed by atoms with E-state index in [-0.39, 0.29) is 5.91 Å². The molecule has 2 aromatic carbocycles. The van der Waals surface area contributed by atoms with Gasteiger partial charge in [0.2, 0.25) is 5.91 Å². The molecule has 0 heterocycles. The molecular formula is C19H26N4O. The summed E-state index contributed by atoms with van der Waals surface area (Å²) in [5, 5.41) is 2.95. The molecule has 0 fully saturated rings. The molecule has 0 unspecified atom stereocenters. The molecule has 0 radical (unpaired) electrons. The number of rotatable bonds is 8. The second kappa shape index (κ2) is 9.05. The van der Waals surface area contributed by atoms with Crippen molar-refractivity contribution in [1.29, 1.82) is 0 Å². The summed E-state index contributed by atoms with van der Waals surface area (Å²) in [5.74, 6) is -0.0354. The normalized spacial score (nSPS) is 10.7. The van der Waals surface area contributed by atoms with E-state index in [1.54, 1.807) is 0 Å².